The van der Waals surface area contributed by atoms with Crippen LogP contribution in [0.3, 0.4) is 0 Å². The van der Waals surface area contributed by atoms with Crippen LogP contribution in [0.1, 0.15) is 19.4 Å². The number of nitrogens with two attached hydrogens (primary N) is 1. The second-order valence-electron chi connectivity index (χ2n) is 4.74. The SMILES string of the molecule is Cc1ccc(SCC(=O)NC(C)(C)CN)cc1.Cl. The van der Waals surface area contributed by atoms with Gasteiger partial charge in [0.25, 0.3) is 0 Å². The molecule has 0 spiro atoms. The maximum absolute atomic E-state index is 11.7. The zero-order valence-corrected chi connectivity index (χ0v) is 12.7. The summed E-state index contributed by atoms with van der Waals surface area (Å²) in [6, 6.07) is 8.15. The van der Waals surface area contributed by atoms with Gasteiger partial charge in [-0.25, -0.2) is 0 Å². The summed E-state index contributed by atoms with van der Waals surface area (Å²) in [5.74, 6) is 0.443. The molecule has 18 heavy (non-hydrogen) atoms. The number of thioether (sulfide) groups is 1. The standard InChI is InChI=1S/C13H20N2OS.ClH/c1-10-4-6-11(7-5-10)17-8-12(16)15-13(2,3)9-14;/h4-7H,8-9,14H2,1-3H3,(H,15,16);1H. The predicted octanol–water partition coefficient (Wildman–Crippen LogP) is 2.36. The Kier molecular flexibility index (Phi) is 7.36. The molecule has 5 heteroatoms. The lowest BCUT2D eigenvalue weighted by molar-refractivity contribution is -0.120. The smallest absolute Gasteiger partial charge is 0.230 e. The number of halogens is 1. The number of aryl methyl sites for hydroxylation is 1. The van der Waals surface area contributed by atoms with Gasteiger partial charge in [-0.05, 0) is 32.9 Å². The first-order chi connectivity index (χ1) is 7.93. The Morgan fingerprint density at radius 1 is 1.33 bits per heavy atom. The number of carbonyl (C=O) groups is 1. The van der Waals surface area contributed by atoms with E-state index in [0.29, 0.717) is 12.3 Å². The first kappa shape index (κ1) is 17.3. The number of nitrogens with one attached hydrogen (secondary N) is 1. The van der Waals surface area contributed by atoms with Crippen molar-refractivity contribution in [2.24, 2.45) is 5.73 Å². The molecule has 0 aliphatic carbocycles. The molecule has 3 nitrogen and oxygen atoms in total. The summed E-state index contributed by atoms with van der Waals surface area (Å²) in [4.78, 5) is 12.8. The molecule has 1 rings (SSSR count). The summed E-state index contributed by atoms with van der Waals surface area (Å²) in [5.41, 5.74) is 6.45. The Balaban J connectivity index is 0.00000289. The Hall–Kier alpha value is -0.710. The highest BCUT2D eigenvalue weighted by molar-refractivity contribution is 8.00. The normalized spacial score (nSPS) is 10.7. The molecule has 0 fully saturated rings. The van der Waals surface area contributed by atoms with E-state index in [4.69, 9.17) is 5.73 Å². The van der Waals surface area contributed by atoms with E-state index in [-0.39, 0.29) is 23.9 Å². The molecular weight excluding hydrogens is 268 g/mol. The van der Waals surface area contributed by atoms with Crippen LogP contribution in [0.5, 0.6) is 0 Å². The van der Waals surface area contributed by atoms with E-state index in [9.17, 15) is 4.79 Å². The van der Waals surface area contributed by atoms with Crippen molar-refractivity contribution in [2.75, 3.05) is 12.3 Å². The van der Waals surface area contributed by atoms with E-state index in [2.05, 4.69) is 5.32 Å². The van der Waals surface area contributed by atoms with E-state index < -0.39 is 0 Å². The van der Waals surface area contributed by atoms with Gasteiger partial charge in [0.15, 0.2) is 0 Å². The summed E-state index contributed by atoms with van der Waals surface area (Å²) >= 11 is 1.54. The van der Waals surface area contributed by atoms with Crippen LogP contribution >= 0.6 is 24.2 Å². The minimum atomic E-state index is -0.328. The topological polar surface area (TPSA) is 55.1 Å². The molecule has 0 aliphatic rings. The van der Waals surface area contributed by atoms with E-state index in [1.54, 1.807) is 0 Å². The lowest BCUT2D eigenvalue weighted by Crippen LogP contribution is -2.49. The lowest BCUT2D eigenvalue weighted by atomic mass is 10.1. The van der Waals surface area contributed by atoms with Crippen LogP contribution in [-0.4, -0.2) is 23.7 Å². The number of hydrogen-bond acceptors (Lipinski definition) is 3. The summed E-state index contributed by atoms with van der Waals surface area (Å²) in [7, 11) is 0. The third-order valence-corrected chi connectivity index (χ3v) is 3.39. The van der Waals surface area contributed by atoms with Gasteiger partial charge in [0.1, 0.15) is 0 Å². The first-order valence-electron chi connectivity index (χ1n) is 5.63. The summed E-state index contributed by atoms with van der Waals surface area (Å²) in [5, 5.41) is 2.90. The molecule has 0 aliphatic heterocycles. The fourth-order valence-electron chi connectivity index (χ4n) is 1.25. The van der Waals surface area contributed by atoms with Gasteiger partial charge in [-0.1, -0.05) is 17.7 Å². The molecule has 1 aromatic carbocycles. The van der Waals surface area contributed by atoms with Gasteiger partial charge in [-0.2, -0.15) is 0 Å². The Labute approximate surface area is 119 Å². The summed E-state index contributed by atoms with van der Waals surface area (Å²) in [6.45, 7) is 6.32. The highest BCUT2D eigenvalue weighted by atomic mass is 35.5. The van der Waals surface area contributed by atoms with E-state index in [1.807, 2.05) is 45.0 Å². The zero-order valence-electron chi connectivity index (χ0n) is 11.0. The maximum atomic E-state index is 11.7. The fourth-order valence-corrected chi connectivity index (χ4v) is 1.95. The quantitative estimate of drug-likeness (QED) is 0.818. The van der Waals surface area contributed by atoms with E-state index >= 15 is 0 Å². The number of rotatable bonds is 5. The van der Waals surface area contributed by atoms with Crippen molar-refractivity contribution in [1.82, 2.24) is 5.32 Å². The van der Waals surface area contributed by atoms with Crippen molar-refractivity contribution in [3.05, 3.63) is 29.8 Å². The van der Waals surface area contributed by atoms with Crippen molar-refractivity contribution < 1.29 is 4.79 Å². The molecule has 0 heterocycles. The van der Waals surface area contributed by atoms with Gasteiger partial charge in [-0.15, -0.1) is 24.2 Å². The highest BCUT2D eigenvalue weighted by Crippen LogP contribution is 2.18. The molecule has 0 saturated heterocycles. The highest BCUT2D eigenvalue weighted by Gasteiger charge is 2.17. The molecule has 102 valence electrons. The molecule has 1 aromatic rings. The number of hydrogen-bond donors (Lipinski definition) is 2. The van der Waals surface area contributed by atoms with Crippen LogP contribution in [0.2, 0.25) is 0 Å². The first-order valence-corrected chi connectivity index (χ1v) is 6.62. The maximum Gasteiger partial charge on any atom is 0.230 e. The average Bonchev–Trinajstić information content (AvgIpc) is 2.28. The molecule has 0 radical (unpaired) electrons. The summed E-state index contributed by atoms with van der Waals surface area (Å²) < 4.78 is 0. The van der Waals surface area contributed by atoms with Crippen molar-refractivity contribution in [3.8, 4) is 0 Å². The second kappa shape index (κ2) is 7.67. The Morgan fingerprint density at radius 2 is 1.89 bits per heavy atom. The molecule has 0 saturated carbocycles. The number of carbonyl (C=O) groups excluding carboxylic acids is 1. The Bertz CT molecular complexity index is 379. The van der Waals surface area contributed by atoms with Crippen LogP contribution in [0.4, 0.5) is 0 Å². The van der Waals surface area contributed by atoms with Crippen molar-refractivity contribution in [1.29, 1.82) is 0 Å². The van der Waals surface area contributed by atoms with Crippen LogP contribution in [0.25, 0.3) is 0 Å². The summed E-state index contributed by atoms with van der Waals surface area (Å²) in [6.07, 6.45) is 0. The third-order valence-electron chi connectivity index (χ3n) is 2.38. The minimum Gasteiger partial charge on any atom is -0.349 e. The van der Waals surface area contributed by atoms with Crippen molar-refractivity contribution in [2.45, 2.75) is 31.2 Å². The van der Waals surface area contributed by atoms with Crippen LogP contribution in [0.15, 0.2) is 29.2 Å². The number of benzene rings is 1. The fraction of sp³-hybridized carbons (Fsp3) is 0.462. The molecule has 0 aromatic heterocycles. The van der Waals surface area contributed by atoms with Gasteiger partial charge in [0.05, 0.1) is 5.75 Å². The number of amides is 1. The van der Waals surface area contributed by atoms with Crippen molar-refractivity contribution in [3.63, 3.8) is 0 Å². The minimum absolute atomic E-state index is 0. The van der Waals surface area contributed by atoms with Crippen molar-refractivity contribution >= 4 is 30.1 Å². The van der Waals surface area contributed by atoms with Gasteiger partial charge in [0.2, 0.25) is 5.91 Å². The molecule has 3 N–H and O–H groups in total. The molecule has 0 unspecified atom stereocenters. The third kappa shape index (κ3) is 6.28. The lowest BCUT2D eigenvalue weighted by Gasteiger charge is -2.24. The largest absolute Gasteiger partial charge is 0.349 e. The van der Waals surface area contributed by atoms with Gasteiger partial charge >= 0.3 is 0 Å². The molecular formula is C13H21ClN2OS. The van der Waals surface area contributed by atoms with Gasteiger partial charge in [-0.3, -0.25) is 4.79 Å². The second-order valence-corrected chi connectivity index (χ2v) is 5.79. The predicted molar refractivity (Wildman–Crippen MR) is 80.4 cm³/mol. The van der Waals surface area contributed by atoms with Gasteiger partial charge < -0.3 is 11.1 Å². The monoisotopic (exact) mass is 288 g/mol. The van der Waals surface area contributed by atoms with Crippen LogP contribution in [0, 0.1) is 6.92 Å². The van der Waals surface area contributed by atoms with Crippen LogP contribution in [-0.2, 0) is 4.79 Å². The van der Waals surface area contributed by atoms with Crippen LogP contribution < -0.4 is 11.1 Å². The van der Waals surface area contributed by atoms with E-state index in [1.165, 1.54) is 17.3 Å². The Morgan fingerprint density at radius 3 is 2.39 bits per heavy atom. The molecule has 0 atom stereocenters. The van der Waals surface area contributed by atoms with E-state index in [0.717, 1.165) is 4.90 Å². The van der Waals surface area contributed by atoms with Gasteiger partial charge in [0, 0.05) is 17.0 Å². The molecule has 0 bridgehead atoms. The average molecular weight is 289 g/mol. The zero-order chi connectivity index (χ0) is 12.9. The molecule has 1 amide bonds.